The topological polar surface area (TPSA) is 49.6 Å². The van der Waals surface area contributed by atoms with Crippen LogP contribution in [0.5, 0.6) is 0 Å². The SMILES string of the molecule is CC(C)C(N)C(=O)N(CC1CCCCN1C)C1CC1. The lowest BCUT2D eigenvalue weighted by Crippen LogP contribution is -2.52. The van der Waals surface area contributed by atoms with Crippen LogP contribution in [-0.4, -0.2) is 54.0 Å². The van der Waals surface area contributed by atoms with Crippen molar-refractivity contribution in [1.82, 2.24) is 9.80 Å². The number of hydrogen-bond acceptors (Lipinski definition) is 3. The maximum Gasteiger partial charge on any atom is 0.240 e. The van der Waals surface area contributed by atoms with Gasteiger partial charge in [0.05, 0.1) is 6.04 Å². The van der Waals surface area contributed by atoms with Crippen molar-refractivity contribution in [2.24, 2.45) is 11.7 Å². The van der Waals surface area contributed by atoms with Crippen LogP contribution in [0.2, 0.25) is 0 Å². The van der Waals surface area contributed by atoms with Crippen LogP contribution in [0.4, 0.5) is 0 Å². The summed E-state index contributed by atoms with van der Waals surface area (Å²) < 4.78 is 0. The monoisotopic (exact) mass is 267 g/mol. The lowest BCUT2D eigenvalue weighted by molar-refractivity contribution is -0.135. The van der Waals surface area contributed by atoms with E-state index >= 15 is 0 Å². The Bertz CT molecular complexity index is 315. The largest absolute Gasteiger partial charge is 0.337 e. The first-order chi connectivity index (χ1) is 9.00. The number of nitrogens with zero attached hydrogens (tertiary/aromatic N) is 2. The Morgan fingerprint density at radius 3 is 2.53 bits per heavy atom. The fourth-order valence-electron chi connectivity index (χ4n) is 2.88. The number of rotatable bonds is 5. The Morgan fingerprint density at radius 2 is 2.00 bits per heavy atom. The highest BCUT2D eigenvalue weighted by Gasteiger charge is 2.37. The summed E-state index contributed by atoms with van der Waals surface area (Å²) in [5, 5.41) is 0. The average molecular weight is 267 g/mol. The minimum Gasteiger partial charge on any atom is -0.337 e. The molecule has 1 aliphatic heterocycles. The molecule has 110 valence electrons. The van der Waals surface area contributed by atoms with Crippen molar-refractivity contribution in [3.05, 3.63) is 0 Å². The molecule has 0 spiro atoms. The second kappa shape index (κ2) is 6.23. The third-order valence-corrected chi connectivity index (χ3v) is 4.60. The molecule has 0 aromatic rings. The normalized spacial score (nSPS) is 26.5. The van der Waals surface area contributed by atoms with Crippen molar-refractivity contribution < 1.29 is 4.79 Å². The van der Waals surface area contributed by atoms with E-state index < -0.39 is 0 Å². The van der Waals surface area contributed by atoms with Gasteiger partial charge in [-0.3, -0.25) is 4.79 Å². The van der Waals surface area contributed by atoms with E-state index in [0.29, 0.717) is 12.1 Å². The maximum absolute atomic E-state index is 12.5. The highest BCUT2D eigenvalue weighted by atomic mass is 16.2. The van der Waals surface area contributed by atoms with Crippen molar-refractivity contribution in [1.29, 1.82) is 0 Å². The van der Waals surface area contributed by atoms with Gasteiger partial charge in [-0.25, -0.2) is 0 Å². The summed E-state index contributed by atoms with van der Waals surface area (Å²) in [6.45, 7) is 6.09. The Balaban J connectivity index is 1.97. The molecule has 0 radical (unpaired) electrons. The number of hydrogen-bond donors (Lipinski definition) is 1. The first-order valence-corrected chi connectivity index (χ1v) is 7.77. The van der Waals surface area contributed by atoms with Gasteiger partial charge in [0.15, 0.2) is 0 Å². The van der Waals surface area contributed by atoms with Gasteiger partial charge < -0.3 is 15.5 Å². The molecule has 2 fully saturated rings. The summed E-state index contributed by atoms with van der Waals surface area (Å²) in [6, 6.07) is 0.653. The van der Waals surface area contributed by atoms with E-state index in [2.05, 4.69) is 16.8 Å². The molecule has 2 unspecified atom stereocenters. The smallest absolute Gasteiger partial charge is 0.240 e. The summed E-state index contributed by atoms with van der Waals surface area (Å²) in [5.74, 6) is 0.384. The zero-order valence-corrected chi connectivity index (χ0v) is 12.6. The summed E-state index contributed by atoms with van der Waals surface area (Å²) in [7, 11) is 2.18. The van der Waals surface area contributed by atoms with Crippen LogP contribution >= 0.6 is 0 Å². The molecule has 1 heterocycles. The van der Waals surface area contributed by atoms with Crippen LogP contribution in [0, 0.1) is 5.92 Å². The van der Waals surface area contributed by atoms with Crippen LogP contribution in [0.1, 0.15) is 46.0 Å². The molecule has 2 aliphatic rings. The molecule has 19 heavy (non-hydrogen) atoms. The number of carbonyl (C=O) groups excluding carboxylic acids is 1. The van der Waals surface area contributed by atoms with Crippen LogP contribution in [0.3, 0.4) is 0 Å². The second-order valence-electron chi connectivity index (χ2n) is 6.62. The number of piperidine rings is 1. The number of amides is 1. The Kier molecular flexibility index (Phi) is 4.85. The molecule has 4 nitrogen and oxygen atoms in total. The molecule has 1 aliphatic carbocycles. The minimum absolute atomic E-state index is 0.163. The van der Waals surface area contributed by atoms with Crippen molar-refractivity contribution in [3.63, 3.8) is 0 Å². The molecule has 1 saturated carbocycles. The van der Waals surface area contributed by atoms with E-state index in [9.17, 15) is 4.79 Å². The van der Waals surface area contributed by atoms with E-state index in [1.165, 1.54) is 19.3 Å². The van der Waals surface area contributed by atoms with Gasteiger partial charge in [-0.05, 0) is 45.2 Å². The zero-order chi connectivity index (χ0) is 14.0. The Morgan fingerprint density at radius 1 is 1.32 bits per heavy atom. The molecular formula is C15H29N3O. The third-order valence-electron chi connectivity index (χ3n) is 4.60. The molecule has 2 atom stereocenters. The fourth-order valence-corrected chi connectivity index (χ4v) is 2.88. The van der Waals surface area contributed by atoms with Crippen LogP contribution in [0.15, 0.2) is 0 Å². The van der Waals surface area contributed by atoms with Crippen molar-refractivity contribution in [2.45, 2.75) is 64.1 Å². The van der Waals surface area contributed by atoms with Gasteiger partial charge in [0.1, 0.15) is 0 Å². The van der Waals surface area contributed by atoms with Gasteiger partial charge in [-0.2, -0.15) is 0 Å². The molecule has 1 amide bonds. The van der Waals surface area contributed by atoms with Crippen LogP contribution < -0.4 is 5.73 Å². The third kappa shape index (κ3) is 3.69. The van der Waals surface area contributed by atoms with Crippen molar-refractivity contribution >= 4 is 5.91 Å². The zero-order valence-electron chi connectivity index (χ0n) is 12.6. The predicted octanol–water partition coefficient (Wildman–Crippen LogP) is 1.45. The standard InChI is InChI=1S/C15H29N3O/c1-11(2)14(16)15(19)18(12-7-8-12)10-13-6-4-5-9-17(13)3/h11-14H,4-10,16H2,1-3H3. The summed E-state index contributed by atoms with van der Waals surface area (Å²) in [6.07, 6.45) is 6.11. The van der Waals surface area contributed by atoms with Gasteiger partial charge >= 0.3 is 0 Å². The van der Waals surface area contributed by atoms with E-state index in [-0.39, 0.29) is 17.9 Å². The van der Waals surface area contributed by atoms with Crippen molar-refractivity contribution in [2.75, 3.05) is 20.1 Å². The van der Waals surface area contributed by atoms with Gasteiger partial charge in [0, 0.05) is 18.6 Å². The lowest BCUT2D eigenvalue weighted by atomic mass is 10.0. The molecule has 0 bridgehead atoms. The summed E-state index contributed by atoms with van der Waals surface area (Å²) in [5.41, 5.74) is 6.06. The number of nitrogens with two attached hydrogens (primary N) is 1. The average Bonchev–Trinajstić information content (AvgIpc) is 3.20. The molecule has 2 N–H and O–H groups in total. The van der Waals surface area contributed by atoms with E-state index in [0.717, 1.165) is 25.9 Å². The predicted molar refractivity (Wildman–Crippen MR) is 77.8 cm³/mol. The molecule has 2 rings (SSSR count). The quantitative estimate of drug-likeness (QED) is 0.820. The minimum atomic E-state index is -0.338. The van der Waals surface area contributed by atoms with Gasteiger partial charge in [0.25, 0.3) is 0 Å². The maximum atomic E-state index is 12.5. The first kappa shape index (κ1) is 14.8. The van der Waals surface area contributed by atoms with E-state index in [4.69, 9.17) is 5.73 Å². The molecule has 1 saturated heterocycles. The summed E-state index contributed by atoms with van der Waals surface area (Å²) >= 11 is 0. The van der Waals surface area contributed by atoms with E-state index in [1.807, 2.05) is 13.8 Å². The Labute approximate surface area is 117 Å². The molecule has 0 aromatic carbocycles. The number of carbonyl (C=O) groups is 1. The van der Waals surface area contributed by atoms with Gasteiger partial charge in [0.2, 0.25) is 5.91 Å². The highest BCUT2D eigenvalue weighted by molar-refractivity contribution is 5.82. The highest BCUT2D eigenvalue weighted by Crippen LogP contribution is 2.29. The van der Waals surface area contributed by atoms with E-state index in [1.54, 1.807) is 0 Å². The number of likely N-dealkylation sites (N-methyl/N-ethyl adjacent to an activating group) is 1. The Hall–Kier alpha value is -0.610. The number of likely N-dealkylation sites (tertiary alicyclic amines) is 1. The lowest BCUT2D eigenvalue weighted by Gasteiger charge is -2.37. The second-order valence-corrected chi connectivity index (χ2v) is 6.62. The van der Waals surface area contributed by atoms with Gasteiger partial charge in [-0.1, -0.05) is 20.3 Å². The van der Waals surface area contributed by atoms with Crippen LogP contribution in [0.25, 0.3) is 0 Å². The summed E-state index contributed by atoms with van der Waals surface area (Å²) in [4.78, 5) is 17.0. The molecule has 0 aromatic heterocycles. The van der Waals surface area contributed by atoms with Crippen molar-refractivity contribution in [3.8, 4) is 0 Å². The first-order valence-electron chi connectivity index (χ1n) is 7.77. The van der Waals surface area contributed by atoms with Crippen LogP contribution in [-0.2, 0) is 4.79 Å². The molecule has 4 heteroatoms. The molecular weight excluding hydrogens is 238 g/mol. The van der Waals surface area contributed by atoms with Gasteiger partial charge in [-0.15, -0.1) is 0 Å². The fraction of sp³-hybridized carbons (Fsp3) is 0.933.